The molecule has 4 nitrogen and oxygen atoms in total. The predicted octanol–water partition coefficient (Wildman–Crippen LogP) is 1.77. The lowest BCUT2D eigenvalue weighted by Crippen LogP contribution is -2.14. The van der Waals surface area contributed by atoms with E-state index in [1.54, 1.807) is 12.1 Å². The smallest absolute Gasteiger partial charge is 0.310 e. The number of aliphatic hydroxyl groups excluding tert-OH is 1. The first-order valence-electron chi connectivity index (χ1n) is 5.93. The molecule has 4 heteroatoms. The van der Waals surface area contributed by atoms with Crippen LogP contribution in [0.25, 0.3) is 0 Å². The average molecular weight is 252 g/mol. The second kappa shape index (κ2) is 5.87. The molecule has 0 amide bonds. The van der Waals surface area contributed by atoms with Gasteiger partial charge in [-0.2, -0.15) is 0 Å². The van der Waals surface area contributed by atoms with E-state index >= 15 is 0 Å². The van der Waals surface area contributed by atoms with Gasteiger partial charge in [-0.1, -0.05) is 32.9 Å². The first-order chi connectivity index (χ1) is 8.34. The zero-order valence-electron chi connectivity index (χ0n) is 11.1. The van der Waals surface area contributed by atoms with Crippen molar-refractivity contribution < 1.29 is 19.7 Å². The molecule has 0 aliphatic heterocycles. The average Bonchev–Trinajstić information content (AvgIpc) is 2.27. The number of benzene rings is 1. The molecule has 0 fully saturated rings. The van der Waals surface area contributed by atoms with Crippen LogP contribution in [0, 0.1) is 0 Å². The summed E-state index contributed by atoms with van der Waals surface area (Å²) in [5.41, 5.74) is 1.41. The van der Waals surface area contributed by atoms with Crippen LogP contribution >= 0.6 is 0 Å². The molecule has 0 unspecified atom stereocenters. The van der Waals surface area contributed by atoms with Gasteiger partial charge in [0.1, 0.15) is 12.4 Å². The molecule has 100 valence electrons. The molecule has 0 saturated carbocycles. The van der Waals surface area contributed by atoms with Crippen LogP contribution in [0.5, 0.6) is 5.75 Å². The monoisotopic (exact) mass is 252 g/mol. The quantitative estimate of drug-likeness (QED) is 0.801. The first-order valence-corrected chi connectivity index (χ1v) is 5.93. The summed E-state index contributed by atoms with van der Waals surface area (Å²) in [4.78, 5) is 11.4. The number of esters is 1. The Bertz CT molecular complexity index is 418. The van der Waals surface area contributed by atoms with Gasteiger partial charge in [0, 0.05) is 0 Å². The maximum atomic E-state index is 11.4. The molecule has 0 aliphatic rings. The number of aliphatic hydroxyl groups is 1. The summed E-state index contributed by atoms with van der Waals surface area (Å²) in [5.74, 6) is -0.149. The van der Waals surface area contributed by atoms with E-state index in [4.69, 9.17) is 9.84 Å². The van der Waals surface area contributed by atoms with Crippen molar-refractivity contribution in [2.75, 3.05) is 13.2 Å². The van der Waals surface area contributed by atoms with Gasteiger partial charge in [-0.15, -0.1) is 0 Å². The van der Waals surface area contributed by atoms with Crippen LogP contribution in [0.2, 0.25) is 0 Å². The molecule has 0 bridgehead atoms. The molecule has 0 heterocycles. The zero-order chi connectivity index (χ0) is 13.8. The number of carbonyl (C=O) groups is 1. The van der Waals surface area contributed by atoms with Crippen molar-refractivity contribution in [2.45, 2.75) is 32.6 Å². The molecule has 0 aliphatic carbocycles. The highest BCUT2D eigenvalue weighted by Crippen LogP contribution is 2.31. The fraction of sp³-hybridized carbons (Fsp3) is 0.500. The van der Waals surface area contributed by atoms with Gasteiger partial charge in [-0.05, 0) is 22.6 Å². The molecule has 0 spiro atoms. The summed E-state index contributed by atoms with van der Waals surface area (Å²) < 4.78 is 4.80. The van der Waals surface area contributed by atoms with Gasteiger partial charge in [0.05, 0.1) is 13.0 Å². The highest BCUT2D eigenvalue weighted by Gasteiger charge is 2.19. The van der Waals surface area contributed by atoms with Crippen LogP contribution < -0.4 is 0 Å². The first kappa shape index (κ1) is 14.5. The molecular formula is C14H20O4. The summed E-state index contributed by atoms with van der Waals surface area (Å²) in [6.45, 7) is 5.83. The van der Waals surface area contributed by atoms with E-state index in [1.807, 2.05) is 26.8 Å². The number of phenols is 1. The van der Waals surface area contributed by atoms with E-state index in [1.165, 1.54) is 0 Å². The predicted molar refractivity (Wildman–Crippen MR) is 68.6 cm³/mol. The fourth-order valence-electron chi connectivity index (χ4n) is 1.67. The maximum absolute atomic E-state index is 11.4. The molecular weight excluding hydrogens is 232 g/mol. The van der Waals surface area contributed by atoms with Crippen LogP contribution in [-0.2, 0) is 21.4 Å². The summed E-state index contributed by atoms with van der Waals surface area (Å²) >= 11 is 0. The Balaban J connectivity index is 2.83. The molecule has 1 aromatic rings. The zero-order valence-corrected chi connectivity index (χ0v) is 11.1. The number of rotatable bonds is 4. The molecule has 1 aromatic carbocycles. The van der Waals surface area contributed by atoms with Crippen molar-refractivity contribution in [3.05, 3.63) is 29.3 Å². The number of hydrogen-bond donors (Lipinski definition) is 2. The molecule has 0 saturated heterocycles. The van der Waals surface area contributed by atoms with E-state index < -0.39 is 0 Å². The third kappa shape index (κ3) is 4.04. The second-order valence-corrected chi connectivity index (χ2v) is 5.22. The summed E-state index contributed by atoms with van der Waals surface area (Å²) in [6, 6.07) is 5.11. The molecule has 18 heavy (non-hydrogen) atoms. The van der Waals surface area contributed by atoms with Crippen molar-refractivity contribution >= 4 is 5.97 Å². The number of carbonyl (C=O) groups excluding carboxylic acids is 1. The van der Waals surface area contributed by atoms with Gasteiger partial charge < -0.3 is 14.9 Å². The SMILES string of the molecule is CC(C)(C)c1cc(CC(=O)OCCO)ccc1O. The Morgan fingerprint density at radius 1 is 1.33 bits per heavy atom. The van der Waals surface area contributed by atoms with Crippen molar-refractivity contribution in [3.8, 4) is 5.75 Å². The van der Waals surface area contributed by atoms with Gasteiger partial charge >= 0.3 is 5.97 Å². The van der Waals surface area contributed by atoms with E-state index in [0.717, 1.165) is 11.1 Å². The molecule has 0 aromatic heterocycles. The Hall–Kier alpha value is -1.55. The fourth-order valence-corrected chi connectivity index (χ4v) is 1.67. The van der Waals surface area contributed by atoms with Crippen molar-refractivity contribution in [3.63, 3.8) is 0 Å². The van der Waals surface area contributed by atoms with Crippen molar-refractivity contribution in [2.24, 2.45) is 0 Å². The largest absolute Gasteiger partial charge is 0.508 e. The topological polar surface area (TPSA) is 66.8 Å². The standard InChI is InChI=1S/C14H20O4/c1-14(2,3)11-8-10(4-5-12(11)16)9-13(17)18-7-6-15/h4-5,8,15-16H,6-7,9H2,1-3H3. The van der Waals surface area contributed by atoms with Crippen LogP contribution in [0.4, 0.5) is 0 Å². The van der Waals surface area contributed by atoms with Crippen LogP contribution in [0.1, 0.15) is 31.9 Å². The Morgan fingerprint density at radius 3 is 2.56 bits per heavy atom. The lowest BCUT2D eigenvalue weighted by atomic mass is 9.85. The van der Waals surface area contributed by atoms with Gasteiger partial charge in [0.2, 0.25) is 0 Å². The number of hydrogen-bond acceptors (Lipinski definition) is 4. The van der Waals surface area contributed by atoms with E-state index in [9.17, 15) is 9.90 Å². The van der Waals surface area contributed by atoms with E-state index in [-0.39, 0.29) is 36.8 Å². The van der Waals surface area contributed by atoms with Crippen LogP contribution in [0.3, 0.4) is 0 Å². The molecule has 0 atom stereocenters. The van der Waals surface area contributed by atoms with Gasteiger partial charge in [-0.3, -0.25) is 4.79 Å². The molecule has 1 rings (SSSR count). The van der Waals surface area contributed by atoms with Gasteiger partial charge in [0.25, 0.3) is 0 Å². The Kier molecular flexibility index (Phi) is 4.73. The van der Waals surface area contributed by atoms with Crippen LogP contribution in [-0.4, -0.2) is 29.4 Å². The molecule has 2 N–H and O–H groups in total. The summed E-state index contributed by atoms with van der Waals surface area (Å²) in [5, 5.41) is 18.4. The van der Waals surface area contributed by atoms with Crippen molar-refractivity contribution in [1.29, 1.82) is 0 Å². The highest BCUT2D eigenvalue weighted by atomic mass is 16.5. The third-order valence-corrected chi connectivity index (χ3v) is 2.57. The Labute approximate surface area is 107 Å². The van der Waals surface area contributed by atoms with Gasteiger partial charge in [-0.25, -0.2) is 0 Å². The minimum Gasteiger partial charge on any atom is -0.508 e. The normalized spacial score (nSPS) is 11.3. The van der Waals surface area contributed by atoms with Crippen molar-refractivity contribution in [1.82, 2.24) is 0 Å². The van der Waals surface area contributed by atoms with Crippen LogP contribution in [0.15, 0.2) is 18.2 Å². The highest BCUT2D eigenvalue weighted by molar-refractivity contribution is 5.72. The third-order valence-electron chi connectivity index (χ3n) is 2.57. The molecule has 0 radical (unpaired) electrons. The Morgan fingerprint density at radius 2 is 2.00 bits per heavy atom. The second-order valence-electron chi connectivity index (χ2n) is 5.22. The van der Waals surface area contributed by atoms with Gasteiger partial charge in [0.15, 0.2) is 0 Å². The van der Waals surface area contributed by atoms with E-state index in [2.05, 4.69) is 0 Å². The summed E-state index contributed by atoms with van der Waals surface area (Å²) in [6.07, 6.45) is 0.142. The minimum absolute atomic E-state index is 0.0169. The minimum atomic E-state index is -0.380. The number of phenolic OH excluding ortho intramolecular Hbond substituents is 1. The number of ether oxygens (including phenoxy) is 1. The van der Waals surface area contributed by atoms with E-state index in [0.29, 0.717) is 0 Å². The lowest BCUT2D eigenvalue weighted by Gasteiger charge is -2.21. The maximum Gasteiger partial charge on any atom is 0.310 e. The summed E-state index contributed by atoms with van der Waals surface area (Å²) in [7, 11) is 0. The number of aromatic hydroxyl groups is 1. The lowest BCUT2D eigenvalue weighted by molar-refractivity contribution is -0.143.